The van der Waals surface area contributed by atoms with Crippen LogP contribution in [0.25, 0.3) is 54.9 Å². The van der Waals surface area contributed by atoms with Gasteiger partial charge in [0.25, 0.3) is 0 Å². The van der Waals surface area contributed by atoms with Crippen molar-refractivity contribution in [3.8, 4) is 33.4 Å². The molecule has 1 aliphatic rings. The second-order valence-corrected chi connectivity index (χ2v) is 13.5. The number of benzene rings is 8. The van der Waals surface area contributed by atoms with Crippen LogP contribution in [-0.2, 0) is 5.41 Å². The minimum Gasteiger partial charge on any atom is -0.356 e. The lowest BCUT2D eigenvalue weighted by molar-refractivity contribution is 0.660. The van der Waals surface area contributed by atoms with Crippen LogP contribution in [0.15, 0.2) is 170 Å². The first-order chi connectivity index (χ1) is 24.1. The molecule has 2 heteroatoms. The van der Waals surface area contributed by atoms with Crippen molar-refractivity contribution in [1.29, 1.82) is 0 Å². The van der Waals surface area contributed by atoms with Crippen molar-refractivity contribution in [2.45, 2.75) is 19.3 Å². The Hall–Kier alpha value is -6.12. The molecule has 8 aromatic rings. The van der Waals surface area contributed by atoms with E-state index in [1.807, 2.05) is 6.07 Å². The summed E-state index contributed by atoms with van der Waals surface area (Å²) in [7, 11) is 0. The number of fused-ring (bicyclic) bond motifs is 5. The third kappa shape index (κ3) is 4.88. The molecule has 1 aliphatic carbocycles. The standard InChI is InChI=1S/C47H36N2/c1-47(2)42-22-12-10-17-36(42)41-30-32(26-29-43(41)47)35-16-11-13-23-44(35)49-46-39-20-8-6-18-37(39)45(38-19-7-9-21-40(38)46)31-24-27-34(28-25-31)48-33-14-4-3-5-15-33/h3-30,48-49H,1-2H3. The molecule has 0 aromatic heterocycles. The summed E-state index contributed by atoms with van der Waals surface area (Å²) in [5.74, 6) is 0. The van der Waals surface area contributed by atoms with Crippen molar-refractivity contribution < 1.29 is 0 Å². The molecule has 8 aromatic carbocycles. The van der Waals surface area contributed by atoms with Crippen LogP contribution in [0.5, 0.6) is 0 Å². The van der Waals surface area contributed by atoms with Gasteiger partial charge in [0.2, 0.25) is 0 Å². The predicted octanol–water partition coefficient (Wildman–Crippen LogP) is 13.1. The fourth-order valence-corrected chi connectivity index (χ4v) is 7.85. The zero-order valence-corrected chi connectivity index (χ0v) is 27.7. The first kappa shape index (κ1) is 29.1. The maximum atomic E-state index is 3.97. The van der Waals surface area contributed by atoms with E-state index in [9.17, 15) is 0 Å². The van der Waals surface area contributed by atoms with Gasteiger partial charge in [-0.2, -0.15) is 0 Å². The van der Waals surface area contributed by atoms with E-state index < -0.39 is 0 Å². The Kier molecular flexibility index (Phi) is 6.84. The molecule has 0 aliphatic heterocycles. The highest BCUT2D eigenvalue weighted by Gasteiger charge is 2.35. The molecule has 9 rings (SSSR count). The molecule has 0 radical (unpaired) electrons. The second-order valence-electron chi connectivity index (χ2n) is 13.5. The van der Waals surface area contributed by atoms with Crippen molar-refractivity contribution in [3.05, 3.63) is 181 Å². The molecule has 234 valence electrons. The van der Waals surface area contributed by atoms with Gasteiger partial charge in [0.1, 0.15) is 0 Å². The van der Waals surface area contributed by atoms with Crippen molar-refractivity contribution >= 4 is 44.3 Å². The van der Waals surface area contributed by atoms with E-state index in [1.54, 1.807) is 0 Å². The number of para-hydroxylation sites is 2. The molecular formula is C47H36N2. The molecule has 0 unspecified atom stereocenters. The Morgan fingerprint density at radius 3 is 1.63 bits per heavy atom. The lowest BCUT2D eigenvalue weighted by Gasteiger charge is -2.22. The van der Waals surface area contributed by atoms with Crippen LogP contribution in [0.3, 0.4) is 0 Å². The first-order valence-electron chi connectivity index (χ1n) is 17.0. The van der Waals surface area contributed by atoms with E-state index in [1.165, 1.54) is 66.1 Å². The first-order valence-corrected chi connectivity index (χ1v) is 17.0. The maximum Gasteiger partial charge on any atom is 0.0544 e. The summed E-state index contributed by atoms with van der Waals surface area (Å²) in [6.45, 7) is 4.67. The van der Waals surface area contributed by atoms with Gasteiger partial charge in [-0.3, -0.25) is 0 Å². The molecule has 0 saturated carbocycles. The van der Waals surface area contributed by atoms with Gasteiger partial charge in [-0.25, -0.2) is 0 Å². The molecule has 2 nitrogen and oxygen atoms in total. The number of hydrogen-bond donors (Lipinski definition) is 2. The van der Waals surface area contributed by atoms with Crippen molar-refractivity contribution in [2.24, 2.45) is 0 Å². The van der Waals surface area contributed by atoms with Gasteiger partial charge in [-0.05, 0) is 86.1 Å². The van der Waals surface area contributed by atoms with Gasteiger partial charge in [0.05, 0.1) is 5.69 Å². The van der Waals surface area contributed by atoms with E-state index in [0.717, 1.165) is 22.7 Å². The van der Waals surface area contributed by atoms with Crippen molar-refractivity contribution in [3.63, 3.8) is 0 Å². The zero-order valence-electron chi connectivity index (χ0n) is 27.7. The van der Waals surface area contributed by atoms with Crippen LogP contribution < -0.4 is 10.6 Å². The van der Waals surface area contributed by atoms with Crippen molar-refractivity contribution in [2.75, 3.05) is 10.6 Å². The average Bonchev–Trinajstić information content (AvgIpc) is 3.38. The van der Waals surface area contributed by atoms with Gasteiger partial charge in [-0.15, -0.1) is 0 Å². The number of hydrogen-bond acceptors (Lipinski definition) is 2. The van der Waals surface area contributed by atoms with E-state index >= 15 is 0 Å². The highest BCUT2D eigenvalue weighted by Crippen LogP contribution is 2.50. The summed E-state index contributed by atoms with van der Waals surface area (Å²) in [5.41, 5.74) is 14.6. The topological polar surface area (TPSA) is 24.1 Å². The van der Waals surface area contributed by atoms with Crippen molar-refractivity contribution in [1.82, 2.24) is 0 Å². The fourth-order valence-electron chi connectivity index (χ4n) is 7.85. The Bertz CT molecular complexity index is 2450. The maximum absolute atomic E-state index is 3.97. The Morgan fingerprint density at radius 1 is 0.388 bits per heavy atom. The van der Waals surface area contributed by atoms with Crippen LogP contribution in [0.1, 0.15) is 25.0 Å². The highest BCUT2D eigenvalue weighted by atomic mass is 14.9. The Balaban J connectivity index is 1.16. The van der Waals surface area contributed by atoms with Crippen LogP contribution >= 0.6 is 0 Å². The lowest BCUT2D eigenvalue weighted by Crippen LogP contribution is -2.14. The monoisotopic (exact) mass is 628 g/mol. The molecule has 2 N–H and O–H groups in total. The fraction of sp³-hybridized carbons (Fsp3) is 0.0638. The van der Waals surface area contributed by atoms with Crippen LogP contribution in [0.4, 0.5) is 22.7 Å². The summed E-state index contributed by atoms with van der Waals surface area (Å²) in [6, 6.07) is 61.3. The third-order valence-electron chi connectivity index (χ3n) is 10.2. The molecule has 0 saturated heterocycles. The summed E-state index contributed by atoms with van der Waals surface area (Å²) in [6.07, 6.45) is 0. The lowest BCUT2D eigenvalue weighted by atomic mass is 9.82. The van der Waals surface area contributed by atoms with Gasteiger partial charge in [0.15, 0.2) is 0 Å². The van der Waals surface area contributed by atoms with Gasteiger partial charge < -0.3 is 10.6 Å². The average molecular weight is 629 g/mol. The Morgan fingerprint density at radius 2 is 0.918 bits per heavy atom. The smallest absolute Gasteiger partial charge is 0.0544 e. The molecule has 0 heterocycles. The largest absolute Gasteiger partial charge is 0.356 e. The van der Waals surface area contributed by atoms with Crippen LogP contribution in [-0.4, -0.2) is 0 Å². The second kappa shape index (κ2) is 11.5. The summed E-state index contributed by atoms with van der Waals surface area (Å²) in [4.78, 5) is 0. The zero-order chi connectivity index (χ0) is 33.0. The normalized spacial score (nSPS) is 12.9. The van der Waals surface area contributed by atoms with Crippen LogP contribution in [0.2, 0.25) is 0 Å². The molecule has 0 bridgehead atoms. The minimum atomic E-state index is -0.0134. The number of nitrogens with one attached hydrogen (secondary N) is 2. The molecule has 0 amide bonds. The number of anilines is 4. The predicted molar refractivity (Wildman–Crippen MR) is 209 cm³/mol. The highest BCUT2D eigenvalue weighted by molar-refractivity contribution is 6.21. The molecule has 0 fully saturated rings. The summed E-state index contributed by atoms with van der Waals surface area (Å²) < 4.78 is 0. The third-order valence-corrected chi connectivity index (χ3v) is 10.2. The van der Waals surface area contributed by atoms with Gasteiger partial charge in [-0.1, -0.05) is 147 Å². The van der Waals surface area contributed by atoms with E-state index in [4.69, 9.17) is 0 Å². The van der Waals surface area contributed by atoms with Gasteiger partial charge >= 0.3 is 0 Å². The molecular weight excluding hydrogens is 593 g/mol. The molecule has 49 heavy (non-hydrogen) atoms. The molecule has 0 spiro atoms. The van der Waals surface area contributed by atoms with Crippen LogP contribution in [0, 0.1) is 0 Å². The van der Waals surface area contributed by atoms with E-state index in [0.29, 0.717) is 0 Å². The van der Waals surface area contributed by atoms with E-state index in [2.05, 4.69) is 188 Å². The summed E-state index contributed by atoms with van der Waals surface area (Å²) in [5, 5.41) is 12.3. The quantitative estimate of drug-likeness (QED) is 0.179. The Labute approximate surface area is 287 Å². The van der Waals surface area contributed by atoms with Gasteiger partial charge in [0, 0.05) is 38.8 Å². The number of rotatable bonds is 6. The summed E-state index contributed by atoms with van der Waals surface area (Å²) >= 11 is 0. The SMILES string of the molecule is CC1(C)c2ccccc2-c2cc(-c3ccccc3Nc3c4ccccc4c(-c4ccc(Nc5ccccc5)cc4)c4ccccc34)ccc21. The van der Waals surface area contributed by atoms with E-state index in [-0.39, 0.29) is 5.41 Å². The molecule has 0 atom stereocenters. The minimum absolute atomic E-state index is 0.0134.